The Morgan fingerprint density at radius 2 is 2.19 bits per heavy atom. The van der Waals surface area contributed by atoms with Gasteiger partial charge in [0.1, 0.15) is 0 Å². The first kappa shape index (κ1) is 12.0. The molecule has 0 spiro atoms. The van der Waals surface area contributed by atoms with Gasteiger partial charge in [0.2, 0.25) is 0 Å². The van der Waals surface area contributed by atoms with E-state index in [2.05, 4.69) is 40.4 Å². The summed E-state index contributed by atoms with van der Waals surface area (Å²) in [6.45, 7) is 2.09. The predicted octanol–water partition coefficient (Wildman–Crippen LogP) is 4.69. The zero-order valence-corrected chi connectivity index (χ0v) is 12.1. The van der Waals surface area contributed by atoms with Gasteiger partial charge in [0.25, 0.3) is 0 Å². The van der Waals surface area contributed by atoms with E-state index in [1.165, 1.54) is 19.8 Å². The molecule has 1 aromatic heterocycles. The Morgan fingerprint density at radius 3 is 2.88 bits per heavy atom. The lowest BCUT2D eigenvalue weighted by Gasteiger charge is -2.05. The fraction of sp³-hybridized carbons (Fsp3) is 0.167. The minimum Gasteiger partial charge on any atom is -0.398 e. The molecule has 1 nitrogen and oxygen atoms in total. The van der Waals surface area contributed by atoms with Crippen molar-refractivity contribution < 1.29 is 0 Å². The van der Waals surface area contributed by atoms with Crippen LogP contribution >= 0.6 is 39.0 Å². The van der Waals surface area contributed by atoms with Gasteiger partial charge in [-0.25, -0.2) is 0 Å². The molecule has 16 heavy (non-hydrogen) atoms. The molecule has 1 aromatic carbocycles. The third-order valence-corrected chi connectivity index (χ3v) is 5.43. The topological polar surface area (TPSA) is 26.0 Å². The van der Waals surface area contributed by atoms with Gasteiger partial charge in [-0.3, -0.25) is 0 Å². The fourth-order valence-corrected chi connectivity index (χ4v) is 4.20. The minimum absolute atomic E-state index is 0.864. The molecule has 2 N–H and O–H groups in total. The number of nitrogens with two attached hydrogens (primary N) is 1. The second-order valence-electron chi connectivity index (χ2n) is 3.52. The molecule has 0 amide bonds. The molecular formula is C12H12BrNS2. The minimum atomic E-state index is 0.864. The highest BCUT2D eigenvalue weighted by atomic mass is 79.9. The summed E-state index contributed by atoms with van der Waals surface area (Å²) in [7, 11) is 0. The van der Waals surface area contributed by atoms with E-state index in [4.69, 9.17) is 5.73 Å². The Balaban J connectivity index is 2.10. The van der Waals surface area contributed by atoms with Crippen molar-refractivity contribution in [2.24, 2.45) is 0 Å². The van der Waals surface area contributed by atoms with Gasteiger partial charge in [0.05, 0.1) is 0 Å². The molecule has 2 aromatic rings. The highest BCUT2D eigenvalue weighted by Crippen LogP contribution is 2.33. The number of anilines is 1. The van der Waals surface area contributed by atoms with E-state index in [0.717, 1.165) is 11.4 Å². The molecule has 0 radical (unpaired) electrons. The number of benzene rings is 1. The molecule has 0 aliphatic carbocycles. The van der Waals surface area contributed by atoms with Gasteiger partial charge >= 0.3 is 0 Å². The van der Waals surface area contributed by atoms with Crippen LogP contribution in [0.2, 0.25) is 0 Å². The molecule has 0 saturated heterocycles. The standard InChI is InChI=1S/C12H12BrNS2/c1-8-2-3-10(14)11(6-8)16-7-12-9(13)4-5-15-12/h2-6H,7,14H2,1H3. The summed E-state index contributed by atoms with van der Waals surface area (Å²) < 4.78 is 1.19. The molecule has 0 aliphatic rings. The van der Waals surface area contributed by atoms with Crippen molar-refractivity contribution in [2.45, 2.75) is 17.6 Å². The number of nitrogen functional groups attached to an aromatic ring is 1. The largest absolute Gasteiger partial charge is 0.398 e. The zero-order chi connectivity index (χ0) is 11.5. The monoisotopic (exact) mass is 313 g/mol. The van der Waals surface area contributed by atoms with Crippen molar-refractivity contribution >= 4 is 44.7 Å². The average Bonchev–Trinajstić information content (AvgIpc) is 2.66. The van der Waals surface area contributed by atoms with Gasteiger partial charge in [0, 0.05) is 25.7 Å². The van der Waals surface area contributed by atoms with E-state index in [9.17, 15) is 0 Å². The molecule has 84 valence electrons. The fourth-order valence-electron chi connectivity index (χ4n) is 1.34. The maximum absolute atomic E-state index is 5.94. The first-order chi connectivity index (χ1) is 7.66. The van der Waals surface area contributed by atoms with Crippen LogP contribution < -0.4 is 5.73 Å². The van der Waals surface area contributed by atoms with E-state index in [0.29, 0.717) is 0 Å². The average molecular weight is 314 g/mol. The maximum Gasteiger partial charge on any atom is 0.0452 e. The Morgan fingerprint density at radius 1 is 1.38 bits per heavy atom. The van der Waals surface area contributed by atoms with Crippen molar-refractivity contribution in [3.8, 4) is 0 Å². The SMILES string of the molecule is Cc1ccc(N)c(SCc2sccc2Br)c1. The van der Waals surface area contributed by atoms with Crippen LogP contribution in [-0.2, 0) is 5.75 Å². The lowest BCUT2D eigenvalue weighted by molar-refractivity contribution is 1.35. The maximum atomic E-state index is 5.94. The lowest BCUT2D eigenvalue weighted by Crippen LogP contribution is -1.89. The molecule has 0 fully saturated rings. The van der Waals surface area contributed by atoms with Crippen molar-refractivity contribution in [3.63, 3.8) is 0 Å². The van der Waals surface area contributed by atoms with Gasteiger partial charge in [0.15, 0.2) is 0 Å². The molecule has 0 saturated carbocycles. The highest BCUT2D eigenvalue weighted by molar-refractivity contribution is 9.10. The highest BCUT2D eigenvalue weighted by Gasteiger charge is 2.04. The van der Waals surface area contributed by atoms with E-state index in [1.54, 1.807) is 23.1 Å². The van der Waals surface area contributed by atoms with Gasteiger partial charge in [-0.1, -0.05) is 6.07 Å². The van der Waals surface area contributed by atoms with E-state index >= 15 is 0 Å². The van der Waals surface area contributed by atoms with E-state index < -0.39 is 0 Å². The van der Waals surface area contributed by atoms with Crippen LogP contribution in [-0.4, -0.2) is 0 Å². The van der Waals surface area contributed by atoms with Crippen LogP contribution in [0.3, 0.4) is 0 Å². The molecular weight excluding hydrogens is 302 g/mol. The first-order valence-corrected chi connectivity index (χ1v) is 7.53. The van der Waals surface area contributed by atoms with E-state index in [1.807, 2.05) is 12.1 Å². The van der Waals surface area contributed by atoms with E-state index in [-0.39, 0.29) is 0 Å². The zero-order valence-electron chi connectivity index (χ0n) is 8.87. The van der Waals surface area contributed by atoms with Crippen LogP contribution in [0.25, 0.3) is 0 Å². The van der Waals surface area contributed by atoms with Gasteiger partial charge in [-0.15, -0.1) is 23.1 Å². The molecule has 2 rings (SSSR count). The van der Waals surface area contributed by atoms with Crippen LogP contribution in [0.1, 0.15) is 10.4 Å². The number of aryl methyl sites for hydroxylation is 1. The Kier molecular flexibility index (Phi) is 3.95. The van der Waals surface area contributed by atoms with Crippen LogP contribution in [0, 0.1) is 6.92 Å². The second kappa shape index (κ2) is 5.25. The number of halogens is 1. The summed E-state index contributed by atoms with van der Waals surface area (Å²) in [5.74, 6) is 0.964. The normalized spacial score (nSPS) is 10.6. The summed E-state index contributed by atoms with van der Waals surface area (Å²) in [6, 6.07) is 8.24. The lowest BCUT2D eigenvalue weighted by atomic mass is 10.2. The van der Waals surface area contributed by atoms with Crippen molar-refractivity contribution in [3.05, 3.63) is 44.6 Å². The summed E-state index contributed by atoms with van der Waals surface area (Å²) >= 11 is 7.10. The number of hydrogen-bond acceptors (Lipinski definition) is 3. The van der Waals surface area contributed by atoms with Gasteiger partial charge in [-0.2, -0.15) is 0 Å². The molecule has 0 atom stereocenters. The molecule has 1 heterocycles. The summed E-state index contributed by atoms with van der Waals surface area (Å²) in [6.07, 6.45) is 0. The third kappa shape index (κ3) is 2.81. The first-order valence-electron chi connectivity index (χ1n) is 4.87. The molecule has 0 unspecified atom stereocenters. The molecule has 0 aliphatic heterocycles. The Labute approximate surface area is 112 Å². The number of thioether (sulfide) groups is 1. The Hall–Kier alpha value is -0.450. The van der Waals surface area contributed by atoms with Crippen LogP contribution in [0.5, 0.6) is 0 Å². The number of thiophene rings is 1. The van der Waals surface area contributed by atoms with Gasteiger partial charge in [-0.05, 0) is 52.0 Å². The quantitative estimate of drug-likeness (QED) is 0.657. The summed E-state index contributed by atoms with van der Waals surface area (Å²) in [4.78, 5) is 2.52. The Bertz CT molecular complexity index is 494. The molecule has 0 bridgehead atoms. The summed E-state index contributed by atoms with van der Waals surface area (Å²) in [5, 5.41) is 2.10. The molecule has 4 heteroatoms. The number of rotatable bonds is 3. The van der Waals surface area contributed by atoms with Gasteiger partial charge < -0.3 is 5.73 Å². The van der Waals surface area contributed by atoms with Crippen molar-refractivity contribution in [2.75, 3.05) is 5.73 Å². The second-order valence-corrected chi connectivity index (χ2v) is 6.39. The predicted molar refractivity (Wildman–Crippen MR) is 77.2 cm³/mol. The smallest absolute Gasteiger partial charge is 0.0452 e. The van der Waals surface area contributed by atoms with Crippen LogP contribution in [0.15, 0.2) is 39.0 Å². The van der Waals surface area contributed by atoms with Crippen molar-refractivity contribution in [1.29, 1.82) is 0 Å². The summed E-state index contributed by atoms with van der Waals surface area (Å²) in [5.41, 5.74) is 8.05. The van der Waals surface area contributed by atoms with Crippen LogP contribution in [0.4, 0.5) is 5.69 Å². The third-order valence-electron chi connectivity index (χ3n) is 2.22. The van der Waals surface area contributed by atoms with Crippen molar-refractivity contribution in [1.82, 2.24) is 0 Å². The number of hydrogen-bond donors (Lipinski definition) is 1.